The molecule has 1 saturated heterocycles. The molecule has 5 nitrogen and oxygen atoms in total. The van der Waals surface area contributed by atoms with E-state index in [2.05, 4.69) is 31.6 Å². The fraction of sp³-hybridized carbons (Fsp3) is 0.529. The molecule has 0 bridgehead atoms. The fourth-order valence-corrected chi connectivity index (χ4v) is 3.00. The molecule has 25 heavy (non-hydrogen) atoms. The molecular weight excluding hydrogens is 502 g/mol. The molecule has 1 aromatic carbocycles. The van der Waals surface area contributed by atoms with Crippen LogP contribution in [0.1, 0.15) is 31.7 Å². The second-order valence-corrected chi connectivity index (χ2v) is 6.61. The van der Waals surface area contributed by atoms with Crippen LogP contribution in [0.25, 0.3) is 0 Å². The van der Waals surface area contributed by atoms with Gasteiger partial charge in [-0.2, -0.15) is 0 Å². The molecule has 0 radical (unpaired) electrons. The van der Waals surface area contributed by atoms with Crippen LogP contribution in [0.15, 0.2) is 27.7 Å². The number of carbonyl (C=O) groups is 1. The largest absolute Gasteiger partial charge is 0.357 e. The van der Waals surface area contributed by atoms with E-state index in [4.69, 9.17) is 0 Å². The Morgan fingerprint density at radius 1 is 1.40 bits per heavy atom. The van der Waals surface area contributed by atoms with E-state index in [1.807, 2.05) is 11.8 Å². The first-order valence-electron chi connectivity index (χ1n) is 8.34. The molecule has 1 heterocycles. The zero-order valence-corrected chi connectivity index (χ0v) is 18.3. The zero-order valence-electron chi connectivity index (χ0n) is 14.4. The summed E-state index contributed by atoms with van der Waals surface area (Å²) in [5, 5.41) is 6.38. The maximum absolute atomic E-state index is 13.8. The number of halogens is 3. The maximum Gasteiger partial charge on any atom is 0.222 e. The lowest BCUT2D eigenvalue weighted by atomic mass is 10.2. The van der Waals surface area contributed by atoms with E-state index in [1.165, 1.54) is 6.07 Å². The molecule has 0 unspecified atom stereocenters. The predicted octanol–water partition coefficient (Wildman–Crippen LogP) is 3.27. The number of aliphatic imine (C=N–C) groups is 1. The highest BCUT2D eigenvalue weighted by Crippen LogP contribution is 2.16. The van der Waals surface area contributed by atoms with E-state index in [0.29, 0.717) is 17.9 Å². The van der Waals surface area contributed by atoms with Crippen LogP contribution in [0.4, 0.5) is 4.39 Å². The molecule has 1 fully saturated rings. The van der Waals surface area contributed by atoms with Gasteiger partial charge in [-0.1, -0.05) is 15.9 Å². The van der Waals surface area contributed by atoms with Crippen molar-refractivity contribution in [3.63, 3.8) is 0 Å². The van der Waals surface area contributed by atoms with Crippen molar-refractivity contribution in [2.24, 2.45) is 4.99 Å². The SMILES string of the molecule is CCNC(=NCc1cc(Br)ccc1F)NCCCN1CCCC1=O.I. The monoisotopic (exact) mass is 526 g/mol. The number of nitrogens with zero attached hydrogens (tertiary/aromatic N) is 2. The summed E-state index contributed by atoms with van der Waals surface area (Å²) in [7, 11) is 0. The van der Waals surface area contributed by atoms with Gasteiger partial charge >= 0.3 is 0 Å². The Balaban J connectivity index is 0.00000312. The summed E-state index contributed by atoms with van der Waals surface area (Å²) in [6.45, 7) is 5.35. The van der Waals surface area contributed by atoms with Crippen molar-refractivity contribution in [1.82, 2.24) is 15.5 Å². The number of hydrogen-bond donors (Lipinski definition) is 2. The number of hydrogen-bond acceptors (Lipinski definition) is 2. The normalized spacial score (nSPS) is 14.4. The summed E-state index contributed by atoms with van der Waals surface area (Å²) in [6.07, 6.45) is 2.51. The average Bonchev–Trinajstić information content (AvgIpc) is 2.97. The Hall–Kier alpha value is -0.900. The van der Waals surface area contributed by atoms with Gasteiger partial charge in [0.25, 0.3) is 0 Å². The molecule has 0 aliphatic carbocycles. The quantitative estimate of drug-likeness (QED) is 0.248. The molecule has 0 spiro atoms. The van der Waals surface area contributed by atoms with E-state index >= 15 is 0 Å². The number of likely N-dealkylation sites (tertiary alicyclic amines) is 1. The number of carbonyl (C=O) groups excluding carboxylic acids is 1. The summed E-state index contributed by atoms with van der Waals surface area (Å²) in [4.78, 5) is 17.9. The van der Waals surface area contributed by atoms with Crippen LogP contribution < -0.4 is 10.6 Å². The van der Waals surface area contributed by atoms with Crippen LogP contribution in [0.3, 0.4) is 0 Å². The Morgan fingerprint density at radius 3 is 2.88 bits per heavy atom. The van der Waals surface area contributed by atoms with Crippen molar-refractivity contribution >= 4 is 51.8 Å². The van der Waals surface area contributed by atoms with Gasteiger partial charge < -0.3 is 15.5 Å². The Labute approximate surface area is 174 Å². The van der Waals surface area contributed by atoms with Gasteiger partial charge in [-0.05, 0) is 38.0 Å². The summed E-state index contributed by atoms with van der Waals surface area (Å²) < 4.78 is 14.6. The molecule has 1 aliphatic heterocycles. The van der Waals surface area contributed by atoms with Crippen molar-refractivity contribution in [1.29, 1.82) is 0 Å². The molecule has 0 saturated carbocycles. The summed E-state index contributed by atoms with van der Waals surface area (Å²) in [5.41, 5.74) is 0.546. The molecule has 1 amide bonds. The van der Waals surface area contributed by atoms with E-state index < -0.39 is 0 Å². The first kappa shape index (κ1) is 22.1. The van der Waals surface area contributed by atoms with Crippen LogP contribution in [0.2, 0.25) is 0 Å². The third-order valence-electron chi connectivity index (χ3n) is 3.83. The topological polar surface area (TPSA) is 56.7 Å². The molecule has 140 valence electrons. The summed E-state index contributed by atoms with van der Waals surface area (Å²) in [6, 6.07) is 4.84. The molecule has 1 aliphatic rings. The molecule has 1 aromatic rings. The second-order valence-electron chi connectivity index (χ2n) is 5.70. The molecule has 8 heteroatoms. The maximum atomic E-state index is 13.8. The number of nitrogens with one attached hydrogen (secondary N) is 2. The van der Waals surface area contributed by atoms with Crippen molar-refractivity contribution in [3.05, 3.63) is 34.1 Å². The highest BCUT2D eigenvalue weighted by molar-refractivity contribution is 14.0. The Bertz CT molecular complexity index is 600. The number of guanidine groups is 1. The number of benzene rings is 1. The molecule has 2 rings (SSSR count). The smallest absolute Gasteiger partial charge is 0.222 e. The molecular formula is C17H25BrFIN4O. The standard InChI is InChI=1S/C17H24BrFN4O.HI/c1-2-20-17(21-8-4-10-23-9-3-5-16(23)24)22-12-13-11-14(18)6-7-15(13)19;/h6-7,11H,2-5,8-10,12H2,1H3,(H2,20,21,22);1H. The van der Waals surface area contributed by atoms with E-state index in [-0.39, 0.29) is 42.2 Å². The average molecular weight is 527 g/mol. The van der Waals surface area contributed by atoms with E-state index in [0.717, 1.165) is 43.5 Å². The Kier molecular flexibility index (Phi) is 10.3. The van der Waals surface area contributed by atoms with Crippen LogP contribution in [-0.2, 0) is 11.3 Å². The summed E-state index contributed by atoms with van der Waals surface area (Å²) >= 11 is 3.34. The van der Waals surface area contributed by atoms with Crippen LogP contribution in [-0.4, -0.2) is 42.9 Å². The van der Waals surface area contributed by atoms with Gasteiger partial charge in [-0.25, -0.2) is 9.38 Å². The minimum Gasteiger partial charge on any atom is -0.357 e. The van der Waals surface area contributed by atoms with Gasteiger partial charge in [0.2, 0.25) is 5.91 Å². The highest BCUT2D eigenvalue weighted by atomic mass is 127. The van der Waals surface area contributed by atoms with E-state index in [1.54, 1.807) is 12.1 Å². The lowest BCUT2D eigenvalue weighted by Crippen LogP contribution is -2.39. The molecule has 2 N–H and O–H groups in total. The number of rotatable bonds is 7. The fourth-order valence-electron chi connectivity index (χ4n) is 2.59. The molecule has 0 aromatic heterocycles. The highest BCUT2D eigenvalue weighted by Gasteiger charge is 2.18. The van der Waals surface area contributed by atoms with Crippen LogP contribution in [0.5, 0.6) is 0 Å². The third-order valence-corrected chi connectivity index (χ3v) is 4.32. The van der Waals surface area contributed by atoms with Crippen LogP contribution >= 0.6 is 39.9 Å². The van der Waals surface area contributed by atoms with Crippen molar-refractivity contribution in [2.45, 2.75) is 32.7 Å². The molecule has 0 atom stereocenters. The minimum atomic E-state index is -0.259. The van der Waals surface area contributed by atoms with E-state index in [9.17, 15) is 9.18 Å². The van der Waals surface area contributed by atoms with Crippen LogP contribution in [0, 0.1) is 5.82 Å². The first-order valence-corrected chi connectivity index (χ1v) is 9.13. The van der Waals surface area contributed by atoms with Gasteiger partial charge in [0.05, 0.1) is 6.54 Å². The van der Waals surface area contributed by atoms with Crippen molar-refractivity contribution in [2.75, 3.05) is 26.2 Å². The van der Waals surface area contributed by atoms with Gasteiger partial charge in [-0.15, -0.1) is 24.0 Å². The lowest BCUT2D eigenvalue weighted by Gasteiger charge is -2.16. The minimum absolute atomic E-state index is 0. The van der Waals surface area contributed by atoms with Gasteiger partial charge in [0, 0.05) is 42.6 Å². The third kappa shape index (κ3) is 7.47. The van der Waals surface area contributed by atoms with Gasteiger partial charge in [0.15, 0.2) is 5.96 Å². The predicted molar refractivity (Wildman–Crippen MR) is 113 cm³/mol. The van der Waals surface area contributed by atoms with Crippen molar-refractivity contribution in [3.8, 4) is 0 Å². The second kappa shape index (κ2) is 11.7. The lowest BCUT2D eigenvalue weighted by molar-refractivity contribution is -0.127. The number of amides is 1. The van der Waals surface area contributed by atoms with Gasteiger partial charge in [-0.3, -0.25) is 4.79 Å². The zero-order chi connectivity index (χ0) is 17.4. The first-order chi connectivity index (χ1) is 11.6. The van der Waals surface area contributed by atoms with Gasteiger partial charge in [0.1, 0.15) is 5.82 Å². The summed E-state index contributed by atoms with van der Waals surface area (Å²) in [5.74, 6) is 0.649. The Morgan fingerprint density at radius 2 is 2.20 bits per heavy atom. The van der Waals surface area contributed by atoms with Crippen molar-refractivity contribution < 1.29 is 9.18 Å².